The minimum atomic E-state index is -0.430. The van der Waals surface area contributed by atoms with E-state index in [2.05, 4.69) is 0 Å². The molecule has 0 aliphatic heterocycles. The lowest BCUT2D eigenvalue weighted by Gasteiger charge is -2.59. The molecule has 0 amide bonds. The smallest absolute Gasteiger partial charge is 0.152 e. The molecule has 0 aromatic carbocycles. The maximum absolute atomic E-state index is 12.4. The summed E-state index contributed by atoms with van der Waals surface area (Å²) in [6, 6.07) is 0. The Morgan fingerprint density at radius 1 is 0.944 bits per heavy atom. The first-order valence-electron chi connectivity index (χ1n) is 7.99. The van der Waals surface area contributed by atoms with Crippen molar-refractivity contribution >= 4 is 5.78 Å². The highest BCUT2D eigenvalue weighted by atomic mass is 16.1. The van der Waals surface area contributed by atoms with Crippen molar-refractivity contribution in [2.24, 2.45) is 35.3 Å². The Balaban J connectivity index is 1.66. The van der Waals surface area contributed by atoms with Crippen LogP contribution in [0.1, 0.15) is 57.8 Å². The molecule has 0 heterocycles. The van der Waals surface area contributed by atoms with E-state index in [0.29, 0.717) is 11.7 Å². The quantitative estimate of drug-likeness (QED) is 0.774. The molecule has 5 aliphatic rings. The van der Waals surface area contributed by atoms with E-state index in [-0.39, 0.29) is 0 Å². The predicted molar refractivity (Wildman–Crippen MR) is 70.9 cm³/mol. The number of ketones is 1. The van der Waals surface area contributed by atoms with Crippen LogP contribution in [0.4, 0.5) is 0 Å². The van der Waals surface area contributed by atoms with Crippen molar-refractivity contribution in [3.05, 3.63) is 0 Å². The van der Waals surface area contributed by atoms with E-state index in [0.717, 1.165) is 42.9 Å². The molecule has 0 saturated heterocycles. The average molecular weight is 247 g/mol. The highest BCUT2D eigenvalue weighted by Gasteiger charge is 2.56. The zero-order chi connectivity index (χ0) is 12.3. The molecule has 2 N–H and O–H groups in total. The van der Waals surface area contributed by atoms with E-state index >= 15 is 0 Å². The number of carbonyl (C=O) groups excluding carboxylic acids is 1. The first-order valence-corrected chi connectivity index (χ1v) is 7.99. The van der Waals surface area contributed by atoms with Crippen LogP contribution in [0, 0.1) is 29.6 Å². The number of carbonyl (C=O) groups is 1. The first-order chi connectivity index (χ1) is 8.67. The largest absolute Gasteiger partial charge is 0.319 e. The highest BCUT2D eigenvalue weighted by Crippen LogP contribution is 2.59. The standard InChI is InChI=1S/C16H25NO/c17-16(4-2-1-3-14(16)18)15-12-6-10-5-11(8-12)9-13(15)7-10/h10-13,15H,1-9,17H2. The molecular weight excluding hydrogens is 222 g/mol. The molecule has 5 rings (SSSR count). The van der Waals surface area contributed by atoms with Crippen LogP contribution in [0.5, 0.6) is 0 Å². The molecule has 2 heteroatoms. The van der Waals surface area contributed by atoms with Crippen LogP contribution in [0.2, 0.25) is 0 Å². The summed E-state index contributed by atoms with van der Waals surface area (Å²) in [4.78, 5) is 12.4. The third-order valence-corrected chi connectivity index (χ3v) is 6.58. The zero-order valence-electron chi connectivity index (χ0n) is 11.2. The van der Waals surface area contributed by atoms with E-state index < -0.39 is 5.54 Å². The lowest BCUT2D eigenvalue weighted by molar-refractivity contribution is -0.138. The van der Waals surface area contributed by atoms with Gasteiger partial charge in [-0.15, -0.1) is 0 Å². The molecule has 0 spiro atoms. The van der Waals surface area contributed by atoms with Crippen LogP contribution in [0.15, 0.2) is 0 Å². The van der Waals surface area contributed by atoms with Crippen molar-refractivity contribution in [2.45, 2.75) is 63.3 Å². The van der Waals surface area contributed by atoms with Gasteiger partial charge in [0.2, 0.25) is 0 Å². The van der Waals surface area contributed by atoms with Gasteiger partial charge in [-0.2, -0.15) is 0 Å². The highest BCUT2D eigenvalue weighted by molar-refractivity contribution is 5.89. The Kier molecular flexibility index (Phi) is 2.43. The van der Waals surface area contributed by atoms with Crippen LogP contribution in [-0.4, -0.2) is 11.3 Å². The van der Waals surface area contributed by atoms with Gasteiger partial charge in [-0.1, -0.05) is 6.42 Å². The second kappa shape index (κ2) is 3.82. The second-order valence-corrected chi connectivity index (χ2v) is 7.63. The van der Waals surface area contributed by atoms with Crippen molar-refractivity contribution in [1.82, 2.24) is 0 Å². The number of rotatable bonds is 1. The minimum Gasteiger partial charge on any atom is -0.319 e. The number of hydrogen-bond donors (Lipinski definition) is 1. The van der Waals surface area contributed by atoms with Crippen molar-refractivity contribution in [2.75, 3.05) is 0 Å². The Labute approximate surface area is 110 Å². The van der Waals surface area contributed by atoms with Crippen LogP contribution < -0.4 is 5.73 Å². The molecule has 2 nitrogen and oxygen atoms in total. The van der Waals surface area contributed by atoms with Gasteiger partial charge >= 0.3 is 0 Å². The van der Waals surface area contributed by atoms with Gasteiger partial charge in [0, 0.05) is 6.42 Å². The summed E-state index contributed by atoms with van der Waals surface area (Å²) >= 11 is 0. The van der Waals surface area contributed by atoms with E-state index in [1.807, 2.05) is 0 Å². The maximum Gasteiger partial charge on any atom is 0.152 e. The van der Waals surface area contributed by atoms with Gasteiger partial charge in [-0.25, -0.2) is 0 Å². The van der Waals surface area contributed by atoms with Gasteiger partial charge in [-0.3, -0.25) is 4.79 Å². The van der Waals surface area contributed by atoms with Gasteiger partial charge in [0.25, 0.3) is 0 Å². The summed E-state index contributed by atoms with van der Waals surface area (Å²) in [6.45, 7) is 0. The number of hydrogen-bond acceptors (Lipinski definition) is 2. The topological polar surface area (TPSA) is 43.1 Å². The van der Waals surface area contributed by atoms with E-state index in [9.17, 15) is 4.79 Å². The molecule has 18 heavy (non-hydrogen) atoms. The Hall–Kier alpha value is -0.370. The number of Topliss-reactive ketones (excluding diaryl/α,β-unsaturated/α-hetero) is 1. The fourth-order valence-corrected chi connectivity index (χ4v) is 6.19. The molecule has 1 atom stereocenters. The zero-order valence-corrected chi connectivity index (χ0v) is 11.2. The second-order valence-electron chi connectivity index (χ2n) is 7.63. The molecule has 0 aromatic heterocycles. The Bertz CT molecular complexity index is 349. The van der Waals surface area contributed by atoms with Crippen molar-refractivity contribution < 1.29 is 4.79 Å². The maximum atomic E-state index is 12.4. The summed E-state index contributed by atoms with van der Waals surface area (Å²) in [6.07, 6.45) is 11.0. The molecule has 1 unspecified atom stereocenters. The van der Waals surface area contributed by atoms with Crippen LogP contribution in [0.3, 0.4) is 0 Å². The predicted octanol–water partition coefficient (Wildman–Crippen LogP) is 2.90. The summed E-state index contributed by atoms with van der Waals surface area (Å²) in [5, 5.41) is 0. The molecule has 0 radical (unpaired) electrons. The molecule has 4 bridgehead atoms. The Morgan fingerprint density at radius 2 is 1.56 bits per heavy atom. The molecule has 100 valence electrons. The summed E-state index contributed by atoms with van der Waals surface area (Å²) in [5.74, 6) is 4.46. The van der Waals surface area contributed by atoms with Gasteiger partial charge < -0.3 is 5.73 Å². The van der Waals surface area contributed by atoms with Crippen molar-refractivity contribution in [1.29, 1.82) is 0 Å². The normalized spacial score (nSPS) is 54.9. The third-order valence-electron chi connectivity index (χ3n) is 6.58. The van der Waals surface area contributed by atoms with Gasteiger partial charge in [0.05, 0.1) is 5.54 Å². The van der Waals surface area contributed by atoms with Crippen molar-refractivity contribution in [3.63, 3.8) is 0 Å². The van der Waals surface area contributed by atoms with Gasteiger partial charge in [0.15, 0.2) is 5.78 Å². The van der Waals surface area contributed by atoms with Crippen molar-refractivity contribution in [3.8, 4) is 0 Å². The minimum absolute atomic E-state index is 0.395. The van der Waals surface area contributed by atoms with E-state index in [1.165, 1.54) is 38.5 Å². The van der Waals surface area contributed by atoms with Gasteiger partial charge in [0.1, 0.15) is 0 Å². The average Bonchev–Trinajstić information content (AvgIpc) is 2.31. The fourth-order valence-electron chi connectivity index (χ4n) is 6.19. The molecule has 5 saturated carbocycles. The summed E-state index contributed by atoms with van der Waals surface area (Å²) < 4.78 is 0. The summed E-state index contributed by atoms with van der Waals surface area (Å²) in [7, 11) is 0. The SMILES string of the molecule is NC1(C2C3CC4CC(C3)CC2C4)CCCCC1=O. The molecule has 5 fully saturated rings. The van der Waals surface area contributed by atoms with E-state index in [4.69, 9.17) is 5.73 Å². The lowest BCUT2D eigenvalue weighted by atomic mass is 9.47. The molecular formula is C16H25NO. The molecule has 5 aliphatic carbocycles. The van der Waals surface area contributed by atoms with Gasteiger partial charge in [-0.05, 0) is 74.5 Å². The van der Waals surface area contributed by atoms with E-state index in [1.54, 1.807) is 0 Å². The summed E-state index contributed by atoms with van der Waals surface area (Å²) in [5.41, 5.74) is 6.25. The third kappa shape index (κ3) is 1.47. The lowest BCUT2D eigenvalue weighted by Crippen LogP contribution is -2.63. The number of nitrogens with two attached hydrogens (primary N) is 1. The first kappa shape index (κ1) is 11.5. The van der Waals surface area contributed by atoms with Crippen LogP contribution >= 0.6 is 0 Å². The molecule has 0 aromatic rings. The monoisotopic (exact) mass is 247 g/mol. The fraction of sp³-hybridized carbons (Fsp3) is 0.938. The Morgan fingerprint density at radius 3 is 2.11 bits per heavy atom. The van der Waals surface area contributed by atoms with Crippen LogP contribution in [-0.2, 0) is 4.79 Å². The van der Waals surface area contributed by atoms with Crippen LogP contribution in [0.25, 0.3) is 0 Å².